The maximum absolute atomic E-state index is 2.58. The van der Waals surface area contributed by atoms with E-state index in [0.717, 1.165) is 6.04 Å². The molecule has 0 saturated heterocycles. The van der Waals surface area contributed by atoms with Crippen LogP contribution in [0, 0.1) is 6.92 Å². The van der Waals surface area contributed by atoms with Crippen LogP contribution in [0.4, 0.5) is 5.69 Å². The van der Waals surface area contributed by atoms with Crippen LogP contribution in [0.2, 0.25) is 0 Å². The zero-order chi connectivity index (χ0) is 15.7. The summed E-state index contributed by atoms with van der Waals surface area (Å²) in [4.78, 5) is 5.02. The van der Waals surface area contributed by atoms with Gasteiger partial charge in [-0.05, 0) is 49.8 Å². The monoisotopic (exact) mass is 298 g/mol. The predicted octanol–water partition coefficient (Wildman–Crippen LogP) is 5.39. The Hall–Kier alpha value is -1.44. The van der Waals surface area contributed by atoms with E-state index in [1.54, 1.807) is 0 Å². The third-order valence-corrected chi connectivity index (χ3v) is 5.40. The summed E-state index contributed by atoms with van der Waals surface area (Å²) in [5, 5.41) is 0. The van der Waals surface area contributed by atoms with Crippen LogP contribution in [0.15, 0.2) is 30.6 Å². The van der Waals surface area contributed by atoms with Gasteiger partial charge in [-0.3, -0.25) is 0 Å². The Bertz CT molecular complexity index is 541. The fourth-order valence-corrected chi connectivity index (χ4v) is 3.96. The topological polar surface area (TPSA) is 6.48 Å². The first-order valence-electron chi connectivity index (χ1n) is 8.92. The predicted molar refractivity (Wildman–Crippen MR) is 95.1 cm³/mol. The third kappa shape index (κ3) is 2.88. The van der Waals surface area contributed by atoms with E-state index >= 15 is 0 Å². The number of aryl methyl sites for hydroxylation is 1. The Morgan fingerprint density at radius 2 is 1.77 bits per heavy atom. The van der Waals surface area contributed by atoms with Gasteiger partial charge in [0.05, 0.1) is 0 Å². The SMILES string of the molecule is Cc1cc(C(C)C)ccc1N1C=CN(C2CCCCC2)[C@H]1C. The summed E-state index contributed by atoms with van der Waals surface area (Å²) < 4.78 is 0. The molecular weight excluding hydrogens is 268 g/mol. The Morgan fingerprint density at radius 1 is 1.05 bits per heavy atom. The highest BCUT2D eigenvalue weighted by Gasteiger charge is 2.30. The molecule has 1 atom stereocenters. The van der Waals surface area contributed by atoms with Crippen LogP contribution < -0.4 is 4.90 Å². The molecule has 1 aliphatic heterocycles. The number of anilines is 1. The highest BCUT2D eigenvalue weighted by atomic mass is 15.4. The minimum absolute atomic E-state index is 0.437. The van der Waals surface area contributed by atoms with E-state index in [-0.39, 0.29) is 0 Å². The van der Waals surface area contributed by atoms with Gasteiger partial charge in [-0.1, -0.05) is 45.2 Å². The average Bonchev–Trinajstić information content (AvgIpc) is 2.89. The van der Waals surface area contributed by atoms with Gasteiger partial charge < -0.3 is 9.80 Å². The molecule has 0 unspecified atom stereocenters. The zero-order valence-corrected chi connectivity index (χ0v) is 14.5. The van der Waals surface area contributed by atoms with Crippen LogP contribution in [-0.4, -0.2) is 17.1 Å². The molecular formula is C20H30N2. The third-order valence-electron chi connectivity index (χ3n) is 5.40. The van der Waals surface area contributed by atoms with Crippen LogP contribution in [-0.2, 0) is 0 Å². The van der Waals surface area contributed by atoms with E-state index in [9.17, 15) is 0 Å². The molecule has 0 spiro atoms. The van der Waals surface area contributed by atoms with E-state index in [1.165, 1.54) is 48.9 Å². The minimum atomic E-state index is 0.437. The highest BCUT2D eigenvalue weighted by molar-refractivity contribution is 5.58. The summed E-state index contributed by atoms with van der Waals surface area (Å²) in [6, 6.07) is 7.68. The highest BCUT2D eigenvalue weighted by Crippen LogP contribution is 2.33. The second kappa shape index (κ2) is 6.36. The summed E-state index contributed by atoms with van der Waals surface area (Å²) in [6.45, 7) is 9.10. The summed E-state index contributed by atoms with van der Waals surface area (Å²) in [6.07, 6.45) is 11.9. The lowest BCUT2D eigenvalue weighted by Gasteiger charge is -2.38. The van der Waals surface area contributed by atoms with Crippen molar-refractivity contribution in [1.82, 2.24) is 4.90 Å². The molecule has 1 saturated carbocycles. The fraction of sp³-hybridized carbons (Fsp3) is 0.600. The fourth-order valence-electron chi connectivity index (χ4n) is 3.96. The van der Waals surface area contributed by atoms with Crippen molar-refractivity contribution in [1.29, 1.82) is 0 Å². The molecule has 2 heteroatoms. The molecule has 0 bridgehead atoms. The van der Waals surface area contributed by atoms with Crippen molar-refractivity contribution >= 4 is 5.69 Å². The van der Waals surface area contributed by atoms with Crippen molar-refractivity contribution in [3.63, 3.8) is 0 Å². The number of hydrogen-bond donors (Lipinski definition) is 0. The van der Waals surface area contributed by atoms with E-state index in [2.05, 4.69) is 68.1 Å². The van der Waals surface area contributed by atoms with Crippen molar-refractivity contribution in [2.24, 2.45) is 0 Å². The Kier molecular flexibility index (Phi) is 4.46. The maximum atomic E-state index is 2.58. The van der Waals surface area contributed by atoms with Gasteiger partial charge in [0.2, 0.25) is 0 Å². The van der Waals surface area contributed by atoms with Crippen molar-refractivity contribution in [3.8, 4) is 0 Å². The molecule has 1 heterocycles. The minimum Gasteiger partial charge on any atom is -0.353 e. The lowest BCUT2D eigenvalue weighted by molar-refractivity contribution is 0.187. The summed E-state index contributed by atoms with van der Waals surface area (Å²) in [7, 11) is 0. The lowest BCUT2D eigenvalue weighted by Crippen LogP contribution is -2.43. The van der Waals surface area contributed by atoms with Crippen LogP contribution in [0.3, 0.4) is 0 Å². The van der Waals surface area contributed by atoms with Crippen molar-refractivity contribution in [2.75, 3.05) is 4.90 Å². The van der Waals surface area contributed by atoms with E-state index in [0.29, 0.717) is 12.1 Å². The van der Waals surface area contributed by atoms with Gasteiger partial charge in [0, 0.05) is 24.1 Å². The summed E-state index contributed by atoms with van der Waals surface area (Å²) in [5.41, 5.74) is 4.17. The average molecular weight is 298 g/mol. The summed E-state index contributed by atoms with van der Waals surface area (Å²) >= 11 is 0. The molecule has 3 rings (SSSR count). The molecule has 120 valence electrons. The second-order valence-corrected chi connectivity index (χ2v) is 7.28. The van der Waals surface area contributed by atoms with E-state index in [1.807, 2.05) is 0 Å². The number of rotatable bonds is 3. The quantitative estimate of drug-likeness (QED) is 0.738. The standard InChI is InChI=1S/C20H30N2/c1-15(2)18-10-11-20(16(3)14-18)22-13-12-21(17(22)4)19-8-6-5-7-9-19/h10-15,17,19H,5-9H2,1-4H3/t17-/m1/s1. The Balaban J connectivity index is 1.77. The number of benzene rings is 1. The first-order valence-corrected chi connectivity index (χ1v) is 8.92. The second-order valence-electron chi connectivity index (χ2n) is 7.28. The van der Waals surface area contributed by atoms with Gasteiger partial charge in [0.1, 0.15) is 6.17 Å². The summed E-state index contributed by atoms with van der Waals surface area (Å²) in [5.74, 6) is 0.595. The molecule has 1 aliphatic carbocycles. The maximum Gasteiger partial charge on any atom is 0.103 e. The van der Waals surface area contributed by atoms with Gasteiger partial charge in [0.25, 0.3) is 0 Å². The largest absolute Gasteiger partial charge is 0.353 e. The lowest BCUT2D eigenvalue weighted by atomic mass is 9.94. The van der Waals surface area contributed by atoms with E-state index < -0.39 is 0 Å². The van der Waals surface area contributed by atoms with Gasteiger partial charge in [0.15, 0.2) is 0 Å². The molecule has 2 nitrogen and oxygen atoms in total. The molecule has 1 fully saturated rings. The first kappa shape index (κ1) is 15.5. The Morgan fingerprint density at radius 3 is 2.41 bits per heavy atom. The smallest absolute Gasteiger partial charge is 0.103 e. The Labute approximate surface area is 135 Å². The molecule has 1 aromatic rings. The van der Waals surface area contributed by atoms with Crippen molar-refractivity contribution in [3.05, 3.63) is 41.7 Å². The van der Waals surface area contributed by atoms with Gasteiger partial charge in [-0.2, -0.15) is 0 Å². The van der Waals surface area contributed by atoms with Gasteiger partial charge in [-0.25, -0.2) is 0 Å². The first-order chi connectivity index (χ1) is 10.6. The van der Waals surface area contributed by atoms with Gasteiger partial charge >= 0.3 is 0 Å². The molecule has 1 aromatic carbocycles. The molecule has 0 N–H and O–H groups in total. The van der Waals surface area contributed by atoms with Crippen LogP contribution in [0.1, 0.15) is 69.9 Å². The van der Waals surface area contributed by atoms with Crippen LogP contribution >= 0.6 is 0 Å². The van der Waals surface area contributed by atoms with Gasteiger partial charge in [-0.15, -0.1) is 0 Å². The van der Waals surface area contributed by atoms with Crippen molar-refractivity contribution < 1.29 is 0 Å². The molecule has 0 aromatic heterocycles. The molecule has 0 amide bonds. The zero-order valence-electron chi connectivity index (χ0n) is 14.5. The van der Waals surface area contributed by atoms with Crippen LogP contribution in [0.25, 0.3) is 0 Å². The molecule has 22 heavy (non-hydrogen) atoms. The number of hydrogen-bond acceptors (Lipinski definition) is 2. The van der Waals surface area contributed by atoms with E-state index in [4.69, 9.17) is 0 Å². The normalized spacial score (nSPS) is 22.9. The van der Waals surface area contributed by atoms with Crippen molar-refractivity contribution in [2.45, 2.75) is 77.9 Å². The number of nitrogens with zero attached hydrogens (tertiary/aromatic N) is 2. The molecule has 0 radical (unpaired) electrons. The molecule has 2 aliphatic rings. The van der Waals surface area contributed by atoms with Crippen LogP contribution in [0.5, 0.6) is 0 Å².